The monoisotopic (exact) mass is 791 g/mol. The van der Waals surface area contributed by atoms with Gasteiger partial charge in [-0.1, -0.05) is 67.9 Å². The topological polar surface area (TPSA) is 83.9 Å². The van der Waals surface area contributed by atoms with Gasteiger partial charge in [0.2, 0.25) is 0 Å². The lowest BCUT2D eigenvalue weighted by Gasteiger charge is -2.47. The third kappa shape index (κ3) is 9.80. The van der Waals surface area contributed by atoms with Crippen LogP contribution in [0, 0.1) is 11.8 Å². The van der Waals surface area contributed by atoms with Gasteiger partial charge in [0.05, 0.1) is 13.2 Å². The fraction of sp³-hybridized carbons (Fsp3) is 0.510. The molecule has 8 heteroatoms. The van der Waals surface area contributed by atoms with E-state index >= 15 is 0 Å². The SMILES string of the molecule is C[C@@H](COc1ccnc2c1[C@H](C)CCC2)CC1Cc2ccc(OCCCCN(C)CCCc3ccccc3)cc2C12CCC(Nc1cccc(Cl)c1)(C(=O)O)CC2. The highest BCUT2D eigenvalue weighted by atomic mass is 35.5. The van der Waals surface area contributed by atoms with Gasteiger partial charge >= 0.3 is 5.97 Å². The molecule has 0 amide bonds. The number of halogens is 1. The molecule has 1 aromatic heterocycles. The van der Waals surface area contributed by atoms with Crippen molar-refractivity contribution >= 4 is 23.3 Å². The molecule has 0 saturated heterocycles. The molecular weight excluding hydrogens is 730 g/mol. The number of aromatic nitrogens is 1. The summed E-state index contributed by atoms with van der Waals surface area (Å²) in [5.41, 5.74) is 6.18. The predicted octanol–water partition coefficient (Wildman–Crippen LogP) is 10.9. The van der Waals surface area contributed by atoms with E-state index in [1.54, 1.807) is 0 Å². The van der Waals surface area contributed by atoms with E-state index < -0.39 is 11.5 Å². The molecule has 0 aliphatic heterocycles. The van der Waals surface area contributed by atoms with E-state index in [2.05, 4.69) is 84.6 Å². The second-order valence-corrected chi connectivity index (χ2v) is 17.9. The Morgan fingerprint density at radius 2 is 1.79 bits per heavy atom. The van der Waals surface area contributed by atoms with Gasteiger partial charge in [-0.05, 0) is 180 Å². The summed E-state index contributed by atoms with van der Waals surface area (Å²) in [6, 6.07) is 26.9. The Hall–Kier alpha value is -4.07. The van der Waals surface area contributed by atoms with Crippen molar-refractivity contribution < 1.29 is 19.4 Å². The molecular formula is C49H62ClN3O4. The van der Waals surface area contributed by atoms with E-state index in [9.17, 15) is 9.90 Å². The number of pyridine rings is 1. The molecule has 1 saturated carbocycles. The first kappa shape index (κ1) is 41.1. The molecule has 57 heavy (non-hydrogen) atoms. The van der Waals surface area contributed by atoms with E-state index in [-0.39, 0.29) is 5.41 Å². The summed E-state index contributed by atoms with van der Waals surface area (Å²) in [4.78, 5) is 20.2. The summed E-state index contributed by atoms with van der Waals surface area (Å²) in [6.45, 7) is 8.10. The van der Waals surface area contributed by atoms with Gasteiger partial charge in [-0.3, -0.25) is 4.98 Å². The highest BCUT2D eigenvalue weighted by Gasteiger charge is 2.54. The van der Waals surface area contributed by atoms with Crippen molar-refractivity contribution in [3.05, 3.63) is 118 Å². The maximum Gasteiger partial charge on any atom is 0.329 e. The van der Waals surface area contributed by atoms with Crippen LogP contribution < -0.4 is 14.8 Å². The maximum atomic E-state index is 13.1. The van der Waals surface area contributed by atoms with Gasteiger partial charge in [0.1, 0.15) is 17.0 Å². The molecule has 3 aliphatic rings. The van der Waals surface area contributed by atoms with Gasteiger partial charge in [0.15, 0.2) is 0 Å². The van der Waals surface area contributed by atoms with Crippen LogP contribution in [0.4, 0.5) is 5.69 Å². The average molecular weight is 793 g/mol. The summed E-state index contributed by atoms with van der Waals surface area (Å²) < 4.78 is 13.1. The molecule has 3 aliphatic carbocycles. The van der Waals surface area contributed by atoms with Crippen LogP contribution in [0.1, 0.15) is 112 Å². The summed E-state index contributed by atoms with van der Waals surface area (Å²) in [5, 5.41) is 14.7. The van der Waals surface area contributed by atoms with Crippen LogP contribution in [-0.2, 0) is 29.5 Å². The fourth-order valence-corrected chi connectivity index (χ4v) is 10.3. The van der Waals surface area contributed by atoms with Gasteiger partial charge in [0, 0.05) is 28.2 Å². The number of benzene rings is 3. The van der Waals surface area contributed by atoms with Crippen LogP contribution in [0.15, 0.2) is 85.1 Å². The normalized spacial score (nSPS) is 23.2. The number of ether oxygens (including phenoxy) is 2. The molecule has 4 aromatic rings. The highest BCUT2D eigenvalue weighted by molar-refractivity contribution is 6.30. The molecule has 0 radical (unpaired) electrons. The zero-order chi connectivity index (χ0) is 39.8. The van der Waals surface area contributed by atoms with Crippen molar-refractivity contribution in [2.75, 3.05) is 38.7 Å². The second kappa shape index (κ2) is 18.7. The molecule has 1 spiro atoms. The molecule has 0 bridgehead atoms. The Morgan fingerprint density at radius 3 is 2.58 bits per heavy atom. The number of fused-ring (bicyclic) bond motifs is 3. The number of aryl methyl sites for hydroxylation is 2. The van der Waals surface area contributed by atoms with Gasteiger partial charge in [0.25, 0.3) is 0 Å². The molecule has 304 valence electrons. The minimum absolute atomic E-state index is 0.134. The number of carboxylic acid groups (broad SMARTS) is 1. The molecule has 3 atom stereocenters. The highest BCUT2D eigenvalue weighted by Crippen LogP contribution is 2.57. The quantitative estimate of drug-likeness (QED) is 0.0971. The Morgan fingerprint density at radius 1 is 0.982 bits per heavy atom. The number of hydrogen-bond acceptors (Lipinski definition) is 6. The number of hydrogen-bond donors (Lipinski definition) is 2. The van der Waals surface area contributed by atoms with Gasteiger partial charge in [-0.2, -0.15) is 0 Å². The predicted molar refractivity (Wildman–Crippen MR) is 231 cm³/mol. The third-order valence-electron chi connectivity index (χ3n) is 13.3. The van der Waals surface area contributed by atoms with E-state index in [1.807, 2.05) is 36.5 Å². The van der Waals surface area contributed by atoms with Gasteiger partial charge in [-0.25, -0.2) is 4.79 Å². The number of nitrogens with one attached hydrogen (secondary N) is 1. The molecule has 1 heterocycles. The van der Waals surface area contributed by atoms with E-state index in [0.717, 1.165) is 88.1 Å². The number of aliphatic carboxylic acids is 1. The number of carbonyl (C=O) groups is 1. The molecule has 7 nitrogen and oxygen atoms in total. The summed E-state index contributed by atoms with van der Waals surface area (Å²) in [5.74, 6) is 2.28. The number of carboxylic acids is 1. The second-order valence-electron chi connectivity index (χ2n) is 17.5. The maximum absolute atomic E-state index is 13.1. The molecule has 1 unspecified atom stereocenters. The Balaban J connectivity index is 1.01. The van der Waals surface area contributed by atoms with Crippen LogP contribution in [0.2, 0.25) is 5.02 Å². The van der Waals surface area contributed by atoms with Crippen LogP contribution >= 0.6 is 11.6 Å². The summed E-state index contributed by atoms with van der Waals surface area (Å²) >= 11 is 6.32. The van der Waals surface area contributed by atoms with Crippen LogP contribution in [-0.4, -0.2) is 59.8 Å². The van der Waals surface area contributed by atoms with E-state index in [0.29, 0.717) is 48.8 Å². The minimum Gasteiger partial charge on any atom is -0.494 e. The molecule has 7 rings (SSSR count). The number of nitrogens with zero attached hydrogens (tertiary/aromatic N) is 2. The smallest absolute Gasteiger partial charge is 0.329 e. The van der Waals surface area contributed by atoms with Crippen molar-refractivity contribution in [2.45, 2.75) is 114 Å². The number of unbranched alkanes of at least 4 members (excludes halogenated alkanes) is 1. The number of rotatable bonds is 18. The van der Waals surface area contributed by atoms with Crippen molar-refractivity contribution in [1.29, 1.82) is 0 Å². The van der Waals surface area contributed by atoms with Crippen LogP contribution in [0.5, 0.6) is 11.5 Å². The van der Waals surface area contributed by atoms with Crippen molar-refractivity contribution in [2.24, 2.45) is 11.8 Å². The third-order valence-corrected chi connectivity index (χ3v) is 13.6. The summed E-state index contributed by atoms with van der Waals surface area (Å²) in [6.07, 6.45) is 14.3. The first-order valence-corrected chi connectivity index (χ1v) is 21.9. The average Bonchev–Trinajstić information content (AvgIpc) is 3.49. The standard InChI is InChI=1S/C49H62ClN3O4/c1-35(34-57-45-21-26-51-44-18-9-12-36(2)46(44)45)30-39-31-38-19-20-42(56-29-8-7-27-53(3)28-11-15-37-13-5-4-6-14-37)33-43(38)48(39)22-24-49(25-23-48,47(54)55)52-41-17-10-16-40(50)32-41/h4-6,10,13-14,16-17,19-21,26,32-33,35-36,39,52H,7-9,11-12,15,18,22-25,27-31,34H2,1-3H3,(H,54,55)/t35-,36-,39?,48?,49?/m1/s1. The fourth-order valence-electron chi connectivity index (χ4n) is 10.1. The number of anilines is 1. The van der Waals surface area contributed by atoms with Crippen molar-refractivity contribution in [3.63, 3.8) is 0 Å². The first-order chi connectivity index (χ1) is 27.6. The Bertz CT molecular complexity index is 1940. The lowest BCUT2D eigenvalue weighted by Crippen LogP contribution is -2.53. The zero-order valence-corrected chi connectivity index (χ0v) is 35.0. The Kier molecular flexibility index (Phi) is 13.5. The molecule has 3 aromatic carbocycles. The first-order valence-electron chi connectivity index (χ1n) is 21.5. The molecule has 1 fully saturated rings. The van der Waals surface area contributed by atoms with E-state index in [4.69, 9.17) is 21.1 Å². The molecule has 2 N–H and O–H groups in total. The largest absolute Gasteiger partial charge is 0.494 e. The van der Waals surface area contributed by atoms with Gasteiger partial charge < -0.3 is 24.8 Å². The van der Waals surface area contributed by atoms with Gasteiger partial charge in [-0.15, -0.1) is 0 Å². The van der Waals surface area contributed by atoms with Crippen molar-refractivity contribution in [1.82, 2.24) is 9.88 Å². The van der Waals surface area contributed by atoms with Crippen molar-refractivity contribution in [3.8, 4) is 11.5 Å². The van der Waals surface area contributed by atoms with Crippen LogP contribution in [0.3, 0.4) is 0 Å². The zero-order valence-electron chi connectivity index (χ0n) is 34.3. The Labute approximate surface area is 345 Å². The summed E-state index contributed by atoms with van der Waals surface area (Å²) in [7, 11) is 2.22. The van der Waals surface area contributed by atoms with Crippen LogP contribution in [0.25, 0.3) is 0 Å². The lowest BCUT2D eigenvalue weighted by molar-refractivity contribution is -0.144. The minimum atomic E-state index is -1.06. The lowest BCUT2D eigenvalue weighted by atomic mass is 9.59. The van der Waals surface area contributed by atoms with E-state index in [1.165, 1.54) is 40.8 Å².